The van der Waals surface area contributed by atoms with Gasteiger partial charge in [0.05, 0.1) is 18.6 Å². The Morgan fingerprint density at radius 1 is 1.16 bits per heavy atom. The monoisotopic (exact) mass is 428 g/mol. The maximum absolute atomic E-state index is 12.6. The third-order valence-electron chi connectivity index (χ3n) is 4.95. The third kappa shape index (κ3) is 4.65. The fraction of sp³-hybridized carbons (Fsp3) is 0.0833. The third-order valence-corrected chi connectivity index (χ3v) is 4.95. The number of hydrogen-bond donors (Lipinski definition) is 0. The lowest BCUT2D eigenvalue weighted by atomic mass is 10.1. The highest BCUT2D eigenvalue weighted by Gasteiger charge is 2.11. The predicted octanol–water partition coefficient (Wildman–Crippen LogP) is 4.54. The quantitative estimate of drug-likeness (QED) is 0.178. The molecule has 0 saturated carbocycles. The molecule has 160 valence electrons. The predicted molar refractivity (Wildman–Crippen MR) is 120 cm³/mol. The molecule has 0 fully saturated rings. The highest BCUT2D eigenvalue weighted by Crippen LogP contribution is 2.23. The molecule has 0 aliphatic heterocycles. The molecule has 0 atom stereocenters. The zero-order valence-electron chi connectivity index (χ0n) is 17.3. The van der Waals surface area contributed by atoms with E-state index in [1.165, 1.54) is 23.2 Å². The van der Waals surface area contributed by atoms with Crippen molar-refractivity contribution >= 4 is 17.5 Å². The van der Waals surface area contributed by atoms with Crippen molar-refractivity contribution in [2.24, 2.45) is 0 Å². The average Bonchev–Trinajstić information content (AvgIpc) is 3.50. The van der Waals surface area contributed by atoms with Gasteiger partial charge in [-0.15, -0.1) is 0 Å². The van der Waals surface area contributed by atoms with E-state index in [1.807, 2.05) is 53.4 Å². The summed E-state index contributed by atoms with van der Waals surface area (Å²) in [7, 11) is 1.56. The van der Waals surface area contributed by atoms with Gasteiger partial charge in [-0.25, -0.2) is 0 Å². The smallest absolute Gasteiger partial charge is 0.307 e. The van der Waals surface area contributed by atoms with Gasteiger partial charge in [0.2, 0.25) is 0 Å². The van der Waals surface area contributed by atoms with Gasteiger partial charge in [-0.3, -0.25) is 19.6 Å². The average molecular weight is 428 g/mol. The van der Waals surface area contributed by atoms with Crippen molar-refractivity contribution in [2.75, 3.05) is 7.11 Å². The number of benzene rings is 2. The number of carbonyl (C=O) groups is 1. The first-order valence-corrected chi connectivity index (χ1v) is 9.83. The number of ketones is 1. The number of allylic oxidation sites excluding steroid dienone is 1. The fourth-order valence-corrected chi connectivity index (χ4v) is 3.31. The molecule has 8 nitrogen and oxygen atoms in total. The minimum absolute atomic E-state index is 0.0755. The van der Waals surface area contributed by atoms with Crippen LogP contribution in [0.2, 0.25) is 0 Å². The van der Waals surface area contributed by atoms with Crippen LogP contribution in [0.1, 0.15) is 21.5 Å². The van der Waals surface area contributed by atoms with E-state index in [0.717, 1.165) is 16.8 Å². The van der Waals surface area contributed by atoms with E-state index < -0.39 is 4.92 Å². The molecule has 0 bridgehead atoms. The number of hydrogen-bond acceptors (Lipinski definition) is 5. The molecule has 0 amide bonds. The summed E-state index contributed by atoms with van der Waals surface area (Å²) in [6.45, 7) is 0.299. The number of rotatable bonds is 8. The van der Waals surface area contributed by atoms with Crippen molar-refractivity contribution in [3.8, 4) is 11.4 Å². The van der Waals surface area contributed by atoms with Gasteiger partial charge < -0.3 is 9.30 Å². The van der Waals surface area contributed by atoms with E-state index in [-0.39, 0.29) is 11.5 Å². The second-order valence-electron chi connectivity index (χ2n) is 7.06. The van der Waals surface area contributed by atoms with Crippen LogP contribution in [-0.4, -0.2) is 32.2 Å². The summed E-state index contributed by atoms with van der Waals surface area (Å²) in [5.74, 6) is 0.524. The number of nitro groups is 1. The van der Waals surface area contributed by atoms with Crippen molar-refractivity contribution in [3.63, 3.8) is 0 Å². The van der Waals surface area contributed by atoms with Crippen molar-refractivity contribution in [3.05, 3.63) is 112 Å². The van der Waals surface area contributed by atoms with E-state index in [1.54, 1.807) is 31.4 Å². The van der Waals surface area contributed by atoms with Crippen molar-refractivity contribution in [2.45, 2.75) is 6.54 Å². The van der Waals surface area contributed by atoms with E-state index in [4.69, 9.17) is 4.74 Å². The van der Waals surface area contributed by atoms with Crippen molar-refractivity contribution < 1.29 is 14.5 Å². The second-order valence-corrected chi connectivity index (χ2v) is 7.06. The molecule has 4 aromatic rings. The van der Waals surface area contributed by atoms with E-state index in [2.05, 4.69) is 5.10 Å². The molecule has 0 aliphatic carbocycles. The number of ether oxygens (including phenoxy) is 1. The summed E-state index contributed by atoms with van der Waals surface area (Å²) >= 11 is 0. The van der Waals surface area contributed by atoms with Crippen LogP contribution in [0.4, 0.5) is 5.69 Å². The lowest BCUT2D eigenvalue weighted by Gasteiger charge is -2.09. The molecule has 4 rings (SSSR count). The Balaban J connectivity index is 1.50. The standard InChI is InChI=1S/C24H20N4O4/c1-32-24-11-5-18(14-20(24)16-27-17-22(15-25-27)28(30)31)4-10-23(29)19-6-8-21(9-7-19)26-12-2-3-13-26/h2-15,17H,16H2,1H3/b10-4+. The molecule has 0 N–H and O–H groups in total. The fourth-order valence-electron chi connectivity index (χ4n) is 3.31. The van der Waals surface area contributed by atoms with Gasteiger partial charge in [-0.2, -0.15) is 5.10 Å². The summed E-state index contributed by atoms with van der Waals surface area (Å²) in [4.78, 5) is 23.0. The first kappa shape index (κ1) is 20.8. The van der Waals surface area contributed by atoms with E-state index in [0.29, 0.717) is 17.9 Å². The summed E-state index contributed by atoms with van der Waals surface area (Å²) in [5.41, 5.74) is 3.09. The van der Waals surface area contributed by atoms with Gasteiger partial charge in [0.1, 0.15) is 18.1 Å². The lowest BCUT2D eigenvalue weighted by molar-refractivity contribution is -0.385. The zero-order valence-corrected chi connectivity index (χ0v) is 17.3. The highest BCUT2D eigenvalue weighted by molar-refractivity contribution is 6.06. The number of nitrogens with zero attached hydrogens (tertiary/aromatic N) is 4. The van der Waals surface area contributed by atoms with Gasteiger partial charge in [-0.05, 0) is 60.2 Å². The first-order valence-electron chi connectivity index (χ1n) is 9.83. The first-order chi connectivity index (χ1) is 15.5. The molecular weight excluding hydrogens is 408 g/mol. The molecule has 2 heterocycles. The Labute approximate surface area is 184 Å². The van der Waals surface area contributed by atoms with Gasteiger partial charge in [0.25, 0.3) is 0 Å². The van der Waals surface area contributed by atoms with Gasteiger partial charge in [0.15, 0.2) is 5.78 Å². The zero-order chi connectivity index (χ0) is 22.5. The maximum atomic E-state index is 12.6. The molecule has 2 aromatic carbocycles. The SMILES string of the molecule is COc1ccc(/C=C/C(=O)c2ccc(-n3cccc3)cc2)cc1Cn1cc([N+](=O)[O-])cn1. The Bertz CT molecular complexity index is 1270. The van der Waals surface area contributed by atoms with Gasteiger partial charge >= 0.3 is 5.69 Å². The molecule has 0 spiro atoms. The minimum atomic E-state index is -0.490. The Kier molecular flexibility index (Phi) is 5.94. The van der Waals surface area contributed by atoms with Crippen LogP contribution in [0.3, 0.4) is 0 Å². The van der Waals surface area contributed by atoms with Crippen LogP contribution < -0.4 is 4.74 Å². The van der Waals surface area contributed by atoms with Crippen LogP contribution in [0.25, 0.3) is 11.8 Å². The van der Waals surface area contributed by atoms with Crippen LogP contribution in [-0.2, 0) is 6.54 Å². The highest BCUT2D eigenvalue weighted by atomic mass is 16.6. The van der Waals surface area contributed by atoms with Crippen LogP contribution in [0, 0.1) is 10.1 Å². The van der Waals surface area contributed by atoms with Gasteiger partial charge in [0, 0.05) is 29.2 Å². The molecule has 0 saturated heterocycles. The number of carbonyl (C=O) groups excluding carboxylic acids is 1. The Hall–Kier alpha value is -4.46. The second kappa shape index (κ2) is 9.13. The van der Waals surface area contributed by atoms with Crippen LogP contribution in [0.15, 0.2) is 85.5 Å². The van der Waals surface area contributed by atoms with Crippen molar-refractivity contribution in [1.82, 2.24) is 14.3 Å². The largest absolute Gasteiger partial charge is 0.496 e. The molecule has 8 heteroatoms. The molecule has 0 radical (unpaired) electrons. The number of methoxy groups -OCH3 is 1. The topological polar surface area (TPSA) is 92.2 Å². The summed E-state index contributed by atoms with van der Waals surface area (Å²) in [6, 6.07) is 16.8. The molecule has 0 aliphatic rings. The van der Waals surface area contributed by atoms with Crippen LogP contribution in [0.5, 0.6) is 5.75 Å². The van der Waals surface area contributed by atoms with Gasteiger partial charge in [-0.1, -0.05) is 12.1 Å². The summed E-state index contributed by atoms with van der Waals surface area (Å²) < 4.78 is 8.84. The molecule has 2 aromatic heterocycles. The number of aromatic nitrogens is 3. The maximum Gasteiger partial charge on any atom is 0.307 e. The molecule has 32 heavy (non-hydrogen) atoms. The normalized spacial score (nSPS) is 11.0. The Morgan fingerprint density at radius 2 is 1.91 bits per heavy atom. The summed E-state index contributed by atoms with van der Waals surface area (Å²) in [5, 5.41) is 14.9. The molecular formula is C24H20N4O4. The van der Waals surface area contributed by atoms with E-state index >= 15 is 0 Å². The van der Waals surface area contributed by atoms with Crippen LogP contribution >= 0.6 is 0 Å². The minimum Gasteiger partial charge on any atom is -0.496 e. The van der Waals surface area contributed by atoms with Crippen molar-refractivity contribution in [1.29, 1.82) is 0 Å². The Morgan fingerprint density at radius 3 is 2.56 bits per heavy atom. The molecule has 0 unspecified atom stereocenters. The van der Waals surface area contributed by atoms with E-state index in [9.17, 15) is 14.9 Å². The lowest BCUT2D eigenvalue weighted by Crippen LogP contribution is -2.02. The summed E-state index contributed by atoms with van der Waals surface area (Å²) in [6.07, 6.45) is 9.71.